The highest BCUT2D eigenvalue weighted by atomic mass is 35.5. The molecule has 0 radical (unpaired) electrons. The number of ether oxygens (including phenoxy) is 1. The standard InChI is InChI=1S/C34H36ClN3O5/c1-21-10-9-15-25(35)28(21)37-31(41)29-34-17-16-33(2,43-34)26(30(40)36-19-23-13-7-4-8-14-23)27(34)32(42)38(29)24(20-39)18-22-11-5-3-6-12-22/h3-15,24,26-27,29,39H,16-20H2,1-2H3,(H,36,40)(H,37,41)/t24-,26+,27+,29?,33-,34?/m1/s1. The van der Waals surface area contributed by atoms with Crippen LogP contribution in [0.3, 0.4) is 0 Å². The van der Waals surface area contributed by atoms with Crippen molar-refractivity contribution in [1.82, 2.24) is 10.2 Å². The number of para-hydroxylation sites is 1. The maximum absolute atomic E-state index is 14.5. The van der Waals surface area contributed by atoms with E-state index in [0.29, 0.717) is 36.5 Å². The molecular formula is C34H36ClN3O5. The van der Waals surface area contributed by atoms with Gasteiger partial charge < -0.3 is 25.4 Å². The third-order valence-electron chi connectivity index (χ3n) is 9.44. The first-order chi connectivity index (χ1) is 20.7. The number of anilines is 1. The molecule has 8 nitrogen and oxygen atoms in total. The zero-order valence-electron chi connectivity index (χ0n) is 24.3. The molecule has 3 saturated heterocycles. The van der Waals surface area contributed by atoms with E-state index < -0.39 is 41.0 Å². The van der Waals surface area contributed by atoms with E-state index in [4.69, 9.17) is 16.3 Å². The minimum absolute atomic E-state index is 0.280. The summed E-state index contributed by atoms with van der Waals surface area (Å²) in [4.78, 5) is 44.2. The smallest absolute Gasteiger partial charge is 0.250 e. The van der Waals surface area contributed by atoms with Gasteiger partial charge in [-0.15, -0.1) is 0 Å². The summed E-state index contributed by atoms with van der Waals surface area (Å²) >= 11 is 6.48. The molecule has 3 aliphatic rings. The number of hydrogen-bond acceptors (Lipinski definition) is 5. The molecule has 0 aromatic heterocycles. The largest absolute Gasteiger partial charge is 0.394 e. The van der Waals surface area contributed by atoms with E-state index in [-0.39, 0.29) is 18.4 Å². The Kier molecular flexibility index (Phi) is 7.79. The van der Waals surface area contributed by atoms with Gasteiger partial charge in [-0.1, -0.05) is 84.4 Å². The molecular weight excluding hydrogens is 566 g/mol. The molecule has 0 aliphatic carbocycles. The van der Waals surface area contributed by atoms with Crippen LogP contribution in [0.4, 0.5) is 5.69 Å². The van der Waals surface area contributed by atoms with Gasteiger partial charge in [0, 0.05) is 6.54 Å². The third kappa shape index (κ3) is 5.01. The number of hydrogen-bond donors (Lipinski definition) is 3. The molecule has 0 saturated carbocycles. The first-order valence-corrected chi connectivity index (χ1v) is 15.1. The normalized spacial score (nSPS) is 28.0. The van der Waals surface area contributed by atoms with Crippen molar-refractivity contribution in [3.63, 3.8) is 0 Å². The highest BCUT2D eigenvalue weighted by Gasteiger charge is 2.78. The molecule has 3 fully saturated rings. The summed E-state index contributed by atoms with van der Waals surface area (Å²) in [6, 6.07) is 22.7. The van der Waals surface area contributed by atoms with Gasteiger partial charge in [0.25, 0.3) is 0 Å². The second kappa shape index (κ2) is 11.4. The second-order valence-corrected chi connectivity index (χ2v) is 12.5. The van der Waals surface area contributed by atoms with E-state index in [1.54, 1.807) is 12.1 Å². The number of nitrogens with zero attached hydrogens (tertiary/aromatic N) is 1. The number of aliphatic hydroxyl groups excluding tert-OH is 1. The lowest BCUT2D eigenvalue weighted by Crippen LogP contribution is -2.57. The molecule has 3 amide bonds. The van der Waals surface area contributed by atoms with E-state index in [1.807, 2.05) is 80.6 Å². The van der Waals surface area contributed by atoms with Crippen molar-refractivity contribution in [2.75, 3.05) is 11.9 Å². The van der Waals surface area contributed by atoms with Crippen LogP contribution in [-0.2, 0) is 32.1 Å². The molecule has 6 rings (SSSR count). The van der Waals surface area contributed by atoms with Crippen LogP contribution in [0.2, 0.25) is 5.02 Å². The Morgan fingerprint density at radius 1 is 1.00 bits per heavy atom. The summed E-state index contributed by atoms with van der Waals surface area (Å²) in [6.45, 7) is 3.66. The SMILES string of the molecule is Cc1cccc(Cl)c1NC(=O)C1N([C@@H](CO)Cc2ccccc2)C(=O)[C@@H]2[C@@H](C(=O)NCc3ccccc3)[C@@]3(C)CCC12O3. The van der Waals surface area contributed by atoms with Crippen LogP contribution in [0.15, 0.2) is 78.9 Å². The topological polar surface area (TPSA) is 108 Å². The van der Waals surface area contributed by atoms with Gasteiger partial charge in [-0.3, -0.25) is 14.4 Å². The molecule has 2 unspecified atom stereocenters. The van der Waals surface area contributed by atoms with Gasteiger partial charge in [0.15, 0.2) is 0 Å². The molecule has 3 aromatic carbocycles. The number of halogens is 1. The Labute approximate surface area is 256 Å². The van der Waals surface area contributed by atoms with Crippen LogP contribution >= 0.6 is 11.6 Å². The van der Waals surface area contributed by atoms with Gasteiger partial charge in [-0.2, -0.15) is 0 Å². The van der Waals surface area contributed by atoms with Gasteiger partial charge in [-0.05, 0) is 55.9 Å². The minimum Gasteiger partial charge on any atom is -0.394 e. The van der Waals surface area contributed by atoms with Crippen molar-refractivity contribution >= 4 is 35.0 Å². The summed E-state index contributed by atoms with van der Waals surface area (Å²) in [7, 11) is 0. The Bertz CT molecular complexity index is 1520. The molecule has 3 aliphatic heterocycles. The molecule has 2 bridgehead atoms. The van der Waals surface area contributed by atoms with Crippen LogP contribution in [0.25, 0.3) is 0 Å². The Morgan fingerprint density at radius 2 is 1.67 bits per heavy atom. The number of amides is 3. The summed E-state index contributed by atoms with van der Waals surface area (Å²) in [5.74, 6) is -2.76. The molecule has 3 aromatic rings. The van der Waals surface area contributed by atoms with E-state index in [9.17, 15) is 19.5 Å². The lowest BCUT2D eigenvalue weighted by atomic mass is 9.66. The Balaban J connectivity index is 1.38. The molecule has 3 N–H and O–H groups in total. The van der Waals surface area contributed by atoms with E-state index >= 15 is 0 Å². The number of carbonyl (C=O) groups excluding carboxylic acids is 3. The average Bonchev–Trinajstić information content (AvgIpc) is 3.58. The van der Waals surface area contributed by atoms with Crippen LogP contribution in [0.5, 0.6) is 0 Å². The third-order valence-corrected chi connectivity index (χ3v) is 9.76. The lowest BCUT2D eigenvalue weighted by Gasteiger charge is -2.37. The average molecular weight is 602 g/mol. The fourth-order valence-corrected chi connectivity index (χ4v) is 7.74. The number of carbonyl (C=O) groups is 3. The maximum Gasteiger partial charge on any atom is 0.250 e. The van der Waals surface area contributed by atoms with Gasteiger partial charge >= 0.3 is 0 Å². The number of aliphatic hydroxyl groups is 1. The van der Waals surface area contributed by atoms with Crippen molar-refractivity contribution in [1.29, 1.82) is 0 Å². The van der Waals surface area contributed by atoms with Crippen molar-refractivity contribution in [2.45, 2.75) is 62.9 Å². The fourth-order valence-electron chi connectivity index (χ4n) is 7.47. The highest BCUT2D eigenvalue weighted by molar-refractivity contribution is 6.34. The number of benzene rings is 3. The number of fused-ring (bicyclic) bond motifs is 1. The van der Waals surface area contributed by atoms with E-state index in [2.05, 4.69) is 10.6 Å². The van der Waals surface area contributed by atoms with Gasteiger partial charge in [0.1, 0.15) is 11.6 Å². The first kappa shape index (κ1) is 29.4. The monoisotopic (exact) mass is 601 g/mol. The molecule has 9 heteroatoms. The van der Waals surface area contributed by atoms with Crippen molar-refractivity contribution in [3.05, 3.63) is 101 Å². The molecule has 43 heavy (non-hydrogen) atoms. The molecule has 3 heterocycles. The fraction of sp³-hybridized carbons (Fsp3) is 0.382. The summed E-state index contributed by atoms with van der Waals surface area (Å²) < 4.78 is 6.74. The Morgan fingerprint density at radius 3 is 2.33 bits per heavy atom. The van der Waals surface area contributed by atoms with Gasteiger partial charge in [0.05, 0.1) is 40.8 Å². The number of aryl methyl sites for hydroxylation is 1. The first-order valence-electron chi connectivity index (χ1n) is 14.7. The summed E-state index contributed by atoms with van der Waals surface area (Å²) in [5.41, 5.74) is 0.940. The zero-order chi connectivity index (χ0) is 30.4. The molecule has 224 valence electrons. The van der Waals surface area contributed by atoms with Crippen LogP contribution in [0, 0.1) is 18.8 Å². The summed E-state index contributed by atoms with van der Waals surface area (Å²) in [6.07, 6.45) is 1.29. The molecule has 6 atom stereocenters. The van der Waals surface area contributed by atoms with Crippen molar-refractivity contribution < 1.29 is 24.2 Å². The Hall–Kier alpha value is -3.72. The lowest BCUT2D eigenvalue weighted by molar-refractivity contribution is -0.148. The molecule has 1 spiro atoms. The number of likely N-dealkylation sites (tertiary alicyclic amines) is 1. The van der Waals surface area contributed by atoms with Crippen molar-refractivity contribution in [3.8, 4) is 0 Å². The zero-order valence-corrected chi connectivity index (χ0v) is 25.0. The van der Waals surface area contributed by atoms with E-state index in [0.717, 1.165) is 16.7 Å². The number of rotatable bonds is 9. The van der Waals surface area contributed by atoms with Crippen LogP contribution in [-0.4, -0.2) is 57.6 Å². The van der Waals surface area contributed by atoms with Crippen LogP contribution in [0.1, 0.15) is 36.5 Å². The second-order valence-electron chi connectivity index (χ2n) is 12.1. The predicted octanol–water partition coefficient (Wildman–Crippen LogP) is 4.27. The highest BCUT2D eigenvalue weighted by Crippen LogP contribution is 2.63. The summed E-state index contributed by atoms with van der Waals surface area (Å²) in [5, 5.41) is 17.0. The van der Waals surface area contributed by atoms with Crippen molar-refractivity contribution in [2.24, 2.45) is 11.8 Å². The quantitative estimate of drug-likeness (QED) is 0.340. The minimum atomic E-state index is -1.23. The van der Waals surface area contributed by atoms with E-state index in [1.165, 1.54) is 4.90 Å². The van der Waals surface area contributed by atoms with Gasteiger partial charge in [0.2, 0.25) is 17.7 Å². The van der Waals surface area contributed by atoms with Gasteiger partial charge in [-0.25, -0.2) is 0 Å². The number of nitrogens with one attached hydrogen (secondary N) is 2. The maximum atomic E-state index is 14.5. The van der Waals surface area contributed by atoms with Crippen LogP contribution < -0.4 is 10.6 Å². The predicted molar refractivity (Wildman–Crippen MR) is 163 cm³/mol.